The number of anilines is 2. The van der Waals surface area contributed by atoms with Crippen LogP contribution in [0.15, 0.2) is 30.6 Å². The Morgan fingerprint density at radius 2 is 1.90 bits per heavy atom. The summed E-state index contributed by atoms with van der Waals surface area (Å²) >= 11 is 0. The van der Waals surface area contributed by atoms with Crippen molar-refractivity contribution in [1.82, 2.24) is 15.0 Å². The molecule has 0 spiro atoms. The maximum absolute atomic E-state index is 4.67. The maximum Gasteiger partial charge on any atom is 0.136 e. The van der Waals surface area contributed by atoms with Gasteiger partial charge in [0, 0.05) is 30.9 Å². The van der Waals surface area contributed by atoms with Gasteiger partial charge in [0.25, 0.3) is 0 Å². The Balaban J connectivity index is 1.80. The Morgan fingerprint density at radius 3 is 2.57 bits per heavy atom. The highest BCUT2D eigenvalue weighted by atomic mass is 15.1. The van der Waals surface area contributed by atoms with E-state index in [4.69, 9.17) is 0 Å². The van der Waals surface area contributed by atoms with E-state index in [1.807, 2.05) is 30.6 Å². The largest absolute Gasteiger partial charge is 0.370 e. The van der Waals surface area contributed by atoms with Crippen LogP contribution in [0.4, 0.5) is 11.6 Å². The molecule has 3 rings (SSSR count). The van der Waals surface area contributed by atoms with Crippen LogP contribution in [0.2, 0.25) is 0 Å². The van der Waals surface area contributed by atoms with Crippen molar-refractivity contribution < 1.29 is 0 Å². The average molecular weight is 283 g/mol. The first-order valence-electron chi connectivity index (χ1n) is 7.55. The Morgan fingerprint density at radius 1 is 1.19 bits per heavy atom. The Bertz CT molecular complexity index is 595. The molecule has 2 aromatic rings. The van der Waals surface area contributed by atoms with Gasteiger partial charge in [0.05, 0.1) is 6.04 Å². The van der Waals surface area contributed by atoms with E-state index in [9.17, 15) is 0 Å². The predicted molar refractivity (Wildman–Crippen MR) is 84.4 cm³/mol. The van der Waals surface area contributed by atoms with E-state index in [0.717, 1.165) is 24.0 Å². The smallest absolute Gasteiger partial charge is 0.136 e. The highest BCUT2D eigenvalue weighted by Gasteiger charge is 2.27. The summed E-state index contributed by atoms with van der Waals surface area (Å²) in [5.41, 5.74) is 1.20. The molecular weight excluding hydrogens is 262 g/mol. The van der Waals surface area contributed by atoms with Gasteiger partial charge in [0.15, 0.2) is 0 Å². The number of nitrogens with zero attached hydrogens (tertiary/aromatic N) is 3. The third-order valence-corrected chi connectivity index (χ3v) is 3.61. The molecule has 110 valence electrons. The lowest BCUT2D eigenvalue weighted by Gasteiger charge is -2.16. The Labute approximate surface area is 125 Å². The van der Waals surface area contributed by atoms with Crippen molar-refractivity contribution in [2.75, 3.05) is 17.2 Å². The molecule has 1 aliphatic rings. The first kappa shape index (κ1) is 13.8. The molecular formula is C16H21N5. The van der Waals surface area contributed by atoms with Crippen molar-refractivity contribution in [2.24, 2.45) is 0 Å². The first-order valence-corrected chi connectivity index (χ1v) is 7.55. The van der Waals surface area contributed by atoms with Crippen molar-refractivity contribution in [3.63, 3.8) is 0 Å². The molecule has 2 heterocycles. The summed E-state index contributed by atoms with van der Waals surface area (Å²) in [6.45, 7) is 5.06. The summed E-state index contributed by atoms with van der Waals surface area (Å²) in [5, 5.41) is 6.74. The second kappa shape index (κ2) is 6.08. The van der Waals surface area contributed by atoms with Gasteiger partial charge in [-0.05, 0) is 44.4 Å². The summed E-state index contributed by atoms with van der Waals surface area (Å²) in [6.07, 6.45) is 6.03. The fourth-order valence-electron chi connectivity index (χ4n) is 2.29. The van der Waals surface area contributed by atoms with Crippen LogP contribution in [-0.4, -0.2) is 21.5 Å². The summed E-state index contributed by atoms with van der Waals surface area (Å²) < 4.78 is 0. The summed E-state index contributed by atoms with van der Waals surface area (Å²) in [6, 6.07) is 6.20. The normalized spacial score (nSPS) is 15.5. The zero-order valence-corrected chi connectivity index (χ0v) is 12.5. The number of hydrogen-bond acceptors (Lipinski definition) is 5. The molecule has 5 nitrogen and oxygen atoms in total. The molecule has 1 fully saturated rings. The summed E-state index contributed by atoms with van der Waals surface area (Å²) in [5.74, 6) is 3.28. The fourth-order valence-corrected chi connectivity index (χ4v) is 2.29. The lowest BCUT2D eigenvalue weighted by molar-refractivity contribution is 0.851. The molecule has 0 radical (unpaired) electrons. The molecule has 0 amide bonds. The number of pyridine rings is 1. The van der Waals surface area contributed by atoms with Crippen molar-refractivity contribution in [1.29, 1.82) is 0 Å². The SMILES string of the molecule is CCNc1cc(NC(C)c2ccncc2)nc(C2CC2)n1. The minimum absolute atomic E-state index is 0.185. The van der Waals surface area contributed by atoms with Crippen molar-refractivity contribution >= 4 is 11.6 Å². The van der Waals surface area contributed by atoms with Crippen LogP contribution in [-0.2, 0) is 0 Å². The third kappa shape index (κ3) is 3.48. The lowest BCUT2D eigenvalue weighted by Crippen LogP contribution is -2.11. The number of nitrogens with one attached hydrogen (secondary N) is 2. The van der Waals surface area contributed by atoms with Crippen molar-refractivity contribution in [3.05, 3.63) is 42.0 Å². The molecule has 0 aliphatic heterocycles. The molecule has 2 N–H and O–H groups in total. The van der Waals surface area contributed by atoms with E-state index in [1.54, 1.807) is 0 Å². The zero-order chi connectivity index (χ0) is 14.7. The van der Waals surface area contributed by atoms with Crippen LogP contribution >= 0.6 is 0 Å². The van der Waals surface area contributed by atoms with Gasteiger partial charge >= 0.3 is 0 Å². The minimum Gasteiger partial charge on any atom is -0.370 e. The van der Waals surface area contributed by atoms with Crippen LogP contribution < -0.4 is 10.6 Å². The predicted octanol–water partition coefficient (Wildman–Crippen LogP) is 3.35. The number of aromatic nitrogens is 3. The Hall–Kier alpha value is -2.17. The molecule has 0 aromatic carbocycles. The van der Waals surface area contributed by atoms with Gasteiger partial charge in [-0.2, -0.15) is 0 Å². The highest BCUT2D eigenvalue weighted by Crippen LogP contribution is 2.39. The van der Waals surface area contributed by atoms with E-state index >= 15 is 0 Å². The Kier molecular flexibility index (Phi) is 3.99. The topological polar surface area (TPSA) is 62.7 Å². The molecule has 1 aliphatic carbocycles. The van der Waals surface area contributed by atoms with Crippen LogP contribution in [0, 0.1) is 0 Å². The quantitative estimate of drug-likeness (QED) is 0.851. The van der Waals surface area contributed by atoms with E-state index < -0.39 is 0 Å². The molecule has 0 bridgehead atoms. The average Bonchev–Trinajstić information content (AvgIpc) is 3.33. The van der Waals surface area contributed by atoms with Crippen molar-refractivity contribution in [2.45, 2.75) is 38.6 Å². The molecule has 2 aromatic heterocycles. The molecule has 5 heteroatoms. The molecule has 21 heavy (non-hydrogen) atoms. The molecule has 1 saturated carbocycles. The van der Waals surface area contributed by atoms with Gasteiger partial charge < -0.3 is 10.6 Å². The van der Waals surface area contributed by atoms with Gasteiger partial charge in [-0.25, -0.2) is 9.97 Å². The minimum atomic E-state index is 0.185. The van der Waals surface area contributed by atoms with Gasteiger partial charge in [0.2, 0.25) is 0 Å². The summed E-state index contributed by atoms with van der Waals surface area (Å²) in [7, 11) is 0. The number of rotatable bonds is 6. The third-order valence-electron chi connectivity index (χ3n) is 3.61. The monoisotopic (exact) mass is 283 g/mol. The van der Waals surface area contributed by atoms with Crippen LogP contribution in [0.3, 0.4) is 0 Å². The standard InChI is InChI=1S/C16H21N5/c1-3-18-14-10-15(21-16(20-14)13-4-5-13)19-11(2)12-6-8-17-9-7-12/h6-11,13H,3-5H2,1-2H3,(H2,18,19,20,21). The van der Waals surface area contributed by atoms with E-state index in [-0.39, 0.29) is 6.04 Å². The van der Waals surface area contributed by atoms with E-state index in [0.29, 0.717) is 5.92 Å². The van der Waals surface area contributed by atoms with Crippen LogP contribution in [0.1, 0.15) is 50.0 Å². The number of hydrogen-bond donors (Lipinski definition) is 2. The second-order valence-electron chi connectivity index (χ2n) is 5.45. The highest BCUT2D eigenvalue weighted by molar-refractivity contribution is 5.49. The fraction of sp³-hybridized carbons (Fsp3) is 0.438. The van der Waals surface area contributed by atoms with Crippen LogP contribution in [0.25, 0.3) is 0 Å². The van der Waals surface area contributed by atoms with E-state index in [2.05, 4.69) is 39.4 Å². The van der Waals surface area contributed by atoms with Crippen molar-refractivity contribution in [3.8, 4) is 0 Å². The van der Waals surface area contributed by atoms with Gasteiger partial charge in [-0.15, -0.1) is 0 Å². The van der Waals surface area contributed by atoms with Gasteiger partial charge in [-0.3, -0.25) is 4.98 Å². The van der Waals surface area contributed by atoms with E-state index in [1.165, 1.54) is 18.4 Å². The van der Waals surface area contributed by atoms with Gasteiger partial charge in [0.1, 0.15) is 17.5 Å². The maximum atomic E-state index is 4.67. The zero-order valence-electron chi connectivity index (χ0n) is 12.5. The molecule has 1 unspecified atom stereocenters. The first-order chi connectivity index (χ1) is 10.3. The lowest BCUT2D eigenvalue weighted by atomic mass is 10.1. The van der Waals surface area contributed by atoms with Crippen LogP contribution in [0.5, 0.6) is 0 Å². The molecule has 1 atom stereocenters. The van der Waals surface area contributed by atoms with Gasteiger partial charge in [-0.1, -0.05) is 0 Å². The summed E-state index contributed by atoms with van der Waals surface area (Å²) in [4.78, 5) is 13.3. The second-order valence-corrected chi connectivity index (χ2v) is 5.45. The molecule has 0 saturated heterocycles.